The molecule has 3 rings (SSSR count). The van der Waals surface area contributed by atoms with Gasteiger partial charge in [0.05, 0.1) is 6.61 Å². The molecule has 2 aliphatic heterocycles. The molecule has 0 spiro atoms. The minimum Gasteiger partial charge on any atom is -0.493 e. The van der Waals surface area contributed by atoms with Crippen molar-refractivity contribution in [2.75, 3.05) is 18.1 Å². The van der Waals surface area contributed by atoms with Gasteiger partial charge >= 0.3 is 0 Å². The quantitative estimate of drug-likeness (QED) is 0.910. The summed E-state index contributed by atoms with van der Waals surface area (Å²) >= 11 is 2.05. The maximum Gasteiger partial charge on any atom is 0.122 e. The van der Waals surface area contributed by atoms with Crippen LogP contribution in [0, 0.1) is 5.92 Å². The summed E-state index contributed by atoms with van der Waals surface area (Å²) in [6.07, 6.45) is 3.53. The van der Waals surface area contributed by atoms with E-state index in [4.69, 9.17) is 10.5 Å². The fourth-order valence-corrected chi connectivity index (χ4v) is 4.42. The number of nitrogens with two attached hydrogens (primary N) is 1. The Balaban J connectivity index is 1.70. The number of ether oxygens (including phenoxy) is 1. The fraction of sp³-hybridized carbons (Fsp3) is 0.600. The smallest absolute Gasteiger partial charge is 0.122 e. The molecule has 1 aromatic carbocycles. The highest BCUT2D eigenvalue weighted by Gasteiger charge is 2.28. The minimum atomic E-state index is 0.358. The first kappa shape index (κ1) is 12.4. The third-order valence-electron chi connectivity index (χ3n) is 4.21. The van der Waals surface area contributed by atoms with Crippen LogP contribution in [-0.2, 0) is 0 Å². The number of rotatable bonds is 3. The molecule has 0 aliphatic carbocycles. The van der Waals surface area contributed by atoms with Gasteiger partial charge < -0.3 is 10.5 Å². The lowest BCUT2D eigenvalue weighted by Gasteiger charge is -2.29. The maximum absolute atomic E-state index is 6.41. The van der Waals surface area contributed by atoms with E-state index in [0.717, 1.165) is 31.1 Å². The molecule has 3 heteroatoms. The van der Waals surface area contributed by atoms with Crippen LogP contribution >= 0.6 is 11.8 Å². The highest BCUT2D eigenvalue weighted by atomic mass is 32.2. The van der Waals surface area contributed by atoms with Crippen LogP contribution in [0.3, 0.4) is 0 Å². The van der Waals surface area contributed by atoms with Gasteiger partial charge in [-0.1, -0.05) is 18.2 Å². The van der Waals surface area contributed by atoms with Crippen LogP contribution in [-0.4, -0.2) is 24.2 Å². The van der Waals surface area contributed by atoms with Gasteiger partial charge in [0.1, 0.15) is 5.75 Å². The Hall–Kier alpha value is -0.670. The zero-order valence-corrected chi connectivity index (χ0v) is 11.5. The lowest BCUT2D eigenvalue weighted by molar-refractivity contribution is 0.252. The summed E-state index contributed by atoms with van der Waals surface area (Å²) in [6, 6.07) is 8.80. The topological polar surface area (TPSA) is 35.2 Å². The number of hydrogen-bond acceptors (Lipinski definition) is 3. The fourth-order valence-electron chi connectivity index (χ4n) is 3.07. The van der Waals surface area contributed by atoms with E-state index < -0.39 is 0 Å². The van der Waals surface area contributed by atoms with Crippen LogP contribution in [0.25, 0.3) is 0 Å². The molecule has 1 aromatic rings. The Kier molecular flexibility index (Phi) is 3.80. The van der Waals surface area contributed by atoms with E-state index in [-0.39, 0.29) is 0 Å². The number of para-hydroxylation sites is 1. The van der Waals surface area contributed by atoms with Gasteiger partial charge in [0.2, 0.25) is 0 Å². The van der Waals surface area contributed by atoms with Crippen LogP contribution in [0.2, 0.25) is 0 Å². The Labute approximate surface area is 113 Å². The molecule has 0 saturated carbocycles. The summed E-state index contributed by atoms with van der Waals surface area (Å²) in [7, 11) is 0. The highest BCUT2D eigenvalue weighted by Crippen LogP contribution is 2.38. The van der Waals surface area contributed by atoms with Gasteiger partial charge in [-0.25, -0.2) is 0 Å². The van der Waals surface area contributed by atoms with Crippen LogP contribution in [0.5, 0.6) is 5.75 Å². The molecule has 2 N–H and O–H groups in total. The van der Waals surface area contributed by atoms with E-state index in [0.29, 0.717) is 12.0 Å². The molecular formula is C15H21NOS. The molecule has 98 valence electrons. The summed E-state index contributed by atoms with van der Waals surface area (Å²) in [6.45, 7) is 0.841. The van der Waals surface area contributed by atoms with E-state index in [1.165, 1.54) is 23.5 Å². The molecule has 3 atom stereocenters. The second kappa shape index (κ2) is 5.54. The van der Waals surface area contributed by atoms with E-state index in [1.807, 2.05) is 0 Å². The average Bonchev–Trinajstić information content (AvgIpc) is 2.93. The van der Waals surface area contributed by atoms with E-state index in [2.05, 4.69) is 36.0 Å². The van der Waals surface area contributed by atoms with Gasteiger partial charge in [-0.15, -0.1) is 0 Å². The first-order chi connectivity index (χ1) is 8.84. The van der Waals surface area contributed by atoms with E-state index in [1.54, 1.807) is 0 Å². The largest absolute Gasteiger partial charge is 0.493 e. The molecule has 2 aliphatic rings. The monoisotopic (exact) mass is 263 g/mol. The van der Waals surface area contributed by atoms with Crippen molar-refractivity contribution in [3.8, 4) is 5.75 Å². The predicted molar refractivity (Wildman–Crippen MR) is 77.3 cm³/mol. The van der Waals surface area contributed by atoms with Crippen molar-refractivity contribution in [2.45, 2.75) is 31.2 Å². The maximum atomic E-state index is 6.41. The van der Waals surface area contributed by atoms with E-state index >= 15 is 0 Å². The molecule has 1 saturated heterocycles. The van der Waals surface area contributed by atoms with Gasteiger partial charge in [0.15, 0.2) is 0 Å². The SMILES string of the molecule is NC(CC1CCOc2ccccc21)C1CCSC1. The number of hydrogen-bond donors (Lipinski definition) is 1. The highest BCUT2D eigenvalue weighted by molar-refractivity contribution is 7.99. The summed E-state index contributed by atoms with van der Waals surface area (Å²) in [5.74, 6) is 4.94. The second-order valence-corrected chi connectivity index (χ2v) is 6.54. The van der Waals surface area contributed by atoms with Crippen molar-refractivity contribution in [3.05, 3.63) is 29.8 Å². The molecule has 0 amide bonds. The van der Waals surface area contributed by atoms with Crippen molar-refractivity contribution in [1.29, 1.82) is 0 Å². The Morgan fingerprint density at radius 1 is 1.33 bits per heavy atom. The minimum absolute atomic E-state index is 0.358. The molecule has 2 nitrogen and oxygen atoms in total. The van der Waals surface area contributed by atoms with Gasteiger partial charge in [-0.2, -0.15) is 11.8 Å². The standard InChI is InChI=1S/C15H21NOS/c16-14(12-6-8-18-10-12)9-11-5-7-17-15-4-2-1-3-13(11)15/h1-4,11-12,14H,5-10,16H2. The lowest BCUT2D eigenvalue weighted by Crippen LogP contribution is -2.33. The Morgan fingerprint density at radius 3 is 3.06 bits per heavy atom. The van der Waals surface area contributed by atoms with Crippen LogP contribution in [0.15, 0.2) is 24.3 Å². The predicted octanol–water partition coefficient (Wildman–Crippen LogP) is 3.02. The van der Waals surface area contributed by atoms with Crippen LogP contribution in [0.1, 0.15) is 30.7 Å². The third kappa shape index (κ3) is 2.52. The summed E-state index contributed by atoms with van der Waals surface area (Å²) in [5, 5.41) is 0. The van der Waals surface area contributed by atoms with Gasteiger partial charge in [0, 0.05) is 6.04 Å². The molecule has 2 heterocycles. The van der Waals surface area contributed by atoms with Crippen molar-refractivity contribution in [1.82, 2.24) is 0 Å². The number of benzene rings is 1. The average molecular weight is 263 g/mol. The molecule has 0 aromatic heterocycles. The Bertz CT molecular complexity index is 403. The zero-order valence-electron chi connectivity index (χ0n) is 10.7. The van der Waals surface area contributed by atoms with Crippen LogP contribution in [0.4, 0.5) is 0 Å². The van der Waals surface area contributed by atoms with Gasteiger partial charge in [-0.3, -0.25) is 0 Å². The molecule has 0 bridgehead atoms. The van der Waals surface area contributed by atoms with Gasteiger partial charge in [0.25, 0.3) is 0 Å². The van der Waals surface area contributed by atoms with Crippen molar-refractivity contribution >= 4 is 11.8 Å². The molecule has 18 heavy (non-hydrogen) atoms. The molecular weight excluding hydrogens is 242 g/mol. The summed E-state index contributed by atoms with van der Waals surface area (Å²) in [5.41, 5.74) is 7.78. The summed E-state index contributed by atoms with van der Waals surface area (Å²) < 4.78 is 5.72. The van der Waals surface area contributed by atoms with Crippen LogP contribution < -0.4 is 10.5 Å². The second-order valence-electron chi connectivity index (χ2n) is 5.40. The van der Waals surface area contributed by atoms with Gasteiger partial charge in [-0.05, 0) is 54.2 Å². The lowest BCUT2D eigenvalue weighted by atomic mass is 9.84. The first-order valence-electron chi connectivity index (χ1n) is 6.89. The normalized spacial score (nSPS) is 28.5. The first-order valence-corrected chi connectivity index (χ1v) is 8.05. The van der Waals surface area contributed by atoms with Crippen molar-refractivity contribution in [3.63, 3.8) is 0 Å². The number of thioether (sulfide) groups is 1. The van der Waals surface area contributed by atoms with Crippen molar-refractivity contribution in [2.24, 2.45) is 11.7 Å². The third-order valence-corrected chi connectivity index (χ3v) is 5.40. The summed E-state index contributed by atoms with van der Waals surface area (Å²) in [4.78, 5) is 0. The van der Waals surface area contributed by atoms with Crippen molar-refractivity contribution < 1.29 is 4.74 Å². The number of fused-ring (bicyclic) bond motifs is 1. The Morgan fingerprint density at radius 2 is 2.22 bits per heavy atom. The van der Waals surface area contributed by atoms with E-state index in [9.17, 15) is 0 Å². The molecule has 0 radical (unpaired) electrons. The zero-order chi connectivity index (χ0) is 12.4. The molecule has 3 unspecified atom stereocenters. The molecule has 1 fully saturated rings.